The van der Waals surface area contributed by atoms with Crippen molar-refractivity contribution in [3.05, 3.63) is 29.8 Å². The molecule has 0 heterocycles. The van der Waals surface area contributed by atoms with Crippen LogP contribution < -0.4 is 21.1 Å². The molecule has 7 nitrogen and oxygen atoms in total. The molecule has 0 radical (unpaired) electrons. The number of nitrogens with zero attached hydrogens (tertiary/aromatic N) is 1. The predicted octanol–water partition coefficient (Wildman–Crippen LogP) is 2.04. The van der Waals surface area contributed by atoms with Crippen LogP contribution in [-0.4, -0.2) is 44.8 Å². The molecule has 0 saturated carbocycles. The highest BCUT2D eigenvalue weighted by Crippen LogP contribution is 2.13. The number of carbonyl (C=O) groups excluding carboxylic acids is 1. The Morgan fingerprint density at radius 2 is 2.04 bits per heavy atom. The SMILES string of the molecule is CCNC(=NCc1cccc(OCC(N)=O)c1)NCCCCOCC.I. The highest BCUT2D eigenvalue weighted by molar-refractivity contribution is 14.0. The van der Waals surface area contributed by atoms with E-state index in [0.717, 1.165) is 50.7 Å². The van der Waals surface area contributed by atoms with Gasteiger partial charge in [0.25, 0.3) is 5.91 Å². The topological polar surface area (TPSA) is 98.0 Å². The molecule has 0 atom stereocenters. The van der Waals surface area contributed by atoms with Crippen LogP contribution in [-0.2, 0) is 16.1 Å². The van der Waals surface area contributed by atoms with Gasteiger partial charge < -0.3 is 25.8 Å². The number of guanidine groups is 1. The summed E-state index contributed by atoms with van der Waals surface area (Å²) in [6.45, 7) is 7.63. The molecule has 0 aliphatic carbocycles. The van der Waals surface area contributed by atoms with E-state index in [0.29, 0.717) is 12.3 Å². The van der Waals surface area contributed by atoms with E-state index >= 15 is 0 Å². The summed E-state index contributed by atoms with van der Waals surface area (Å²) in [7, 11) is 0. The van der Waals surface area contributed by atoms with E-state index in [9.17, 15) is 4.79 Å². The average Bonchev–Trinajstić information content (AvgIpc) is 2.61. The van der Waals surface area contributed by atoms with Crippen LogP contribution in [0.3, 0.4) is 0 Å². The second kappa shape index (κ2) is 15.7. The molecule has 0 aliphatic rings. The molecule has 1 aromatic rings. The zero-order valence-corrected chi connectivity index (χ0v) is 18.0. The van der Waals surface area contributed by atoms with Crippen molar-refractivity contribution in [1.82, 2.24) is 10.6 Å². The number of hydrogen-bond acceptors (Lipinski definition) is 4. The van der Waals surface area contributed by atoms with Gasteiger partial charge in [-0.05, 0) is 44.4 Å². The number of primary amides is 1. The number of nitrogens with two attached hydrogens (primary N) is 1. The van der Waals surface area contributed by atoms with Gasteiger partial charge in [-0.15, -0.1) is 24.0 Å². The molecule has 8 heteroatoms. The molecule has 1 rings (SSSR count). The minimum atomic E-state index is -0.494. The minimum absolute atomic E-state index is 0. The van der Waals surface area contributed by atoms with E-state index in [1.165, 1.54) is 0 Å². The van der Waals surface area contributed by atoms with E-state index in [-0.39, 0.29) is 30.6 Å². The molecule has 0 fully saturated rings. The number of benzene rings is 1. The Balaban J connectivity index is 0.00000625. The lowest BCUT2D eigenvalue weighted by molar-refractivity contribution is -0.119. The molecule has 0 aromatic heterocycles. The standard InChI is InChI=1S/C18H30N4O3.HI/c1-3-20-18(21-10-5-6-11-24-4-2)22-13-15-8-7-9-16(12-15)25-14-17(19)23;/h7-9,12H,3-6,10-11,13-14H2,1-2H3,(H2,19,23)(H2,20,21,22);1H. The van der Waals surface area contributed by atoms with Crippen molar-refractivity contribution < 1.29 is 14.3 Å². The van der Waals surface area contributed by atoms with E-state index in [1.807, 2.05) is 32.0 Å². The molecule has 1 aromatic carbocycles. The van der Waals surface area contributed by atoms with Gasteiger partial charge >= 0.3 is 0 Å². The number of unbranched alkanes of at least 4 members (excludes halogenated alkanes) is 1. The third-order valence-corrected chi connectivity index (χ3v) is 3.26. The van der Waals surface area contributed by atoms with Gasteiger partial charge in [-0.2, -0.15) is 0 Å². The van der Waals surface area contributed by atoms with Crippen LogP contribution >= 0.6 is 24.0 Å². The summed E-state index contributed by atoms with van der Waals surface area (Å²) >= 11 is 0. The van der Waals surface area contributed by atoms with Crippen LogP contribution in [0.4, 0.5) is 0 Å². The third-order valence-electron chi connectivity index (χ3n) is 3.26. The summed E-state index contributed by atoms with van der Waals surface area (Å²) in [6.07, 6.45) is 2.06. The van der Waals surface area contributed by atoms with Crippen LogP contribution in [0.1, 0.15) is 32.3 Å². The summed E-state index contributed by atoms with van der Waals surface area (Å²) in [5.74, 6) is 0.897. The molecular formula is C18H31IN4O3. The summed E-state index contributed by atoms with van der Waals surface area (Å²) in [5.41, 5.74) is 6.08. The Morgan fingerprint density at radius 3 is 2.73 bits per heavy atom. The van der Waals surface area contributed by atoms with Gasteiger partial charge in [0.15, 0.2) is 12.6 Å². The van der Waals surface area contributed by atoms with Crippen molar-refractivity contribution in [2.24, 2.45) is 10.7 Å². The van der Waals surface area contributed by atoms with Crippen LogP contribution in [0.2, 0.25) is 0 Å². The quantitative estimate of drug-likeness (QED) is 0.185. The highest BCUT2D eigenvalue weighted by Gasteiger charge is 2.01. The summed E-state index contributed by atoms with van der Waals surface area (Å²) in [4.78, 5) is 15.3. The summed E-state index contributed by atoms with van der Waals surface area (Å²) < 4.78 is 10.6. The van der Waals surface area contributed by atoms with Gasteiger partial charge in [-0.25, -0.2) is 4.99 Å². The molecule has 4 N–H and O–H groups in total. The number of ether oxygens (including phenoxy) is 2. The Labute approximate surface area is 173 Å². The zero-order chi connectivity index (χ0) is 18.3. The molecule has 0 spiro atoms. The summed E-state index contributed by atoms with van der Waals surface area (Å²) in [5, 5.41) is 6.54. The van der Waals surface area contributed by atoms with Crippen molar-refractivity contribution in [2.45, 2.75) is 33.2 Å². The normalized spacial score (nSPS) is 10.8. The molecule has 0 saturated heterocycles. The van der Waals surface area contributed by atoms with E-state index in [1.54, 1.807) is 6.07 Å². The average molecular weight is 478 g/mol. The van der Waals surface area contributed by atoms with Gasteiger partial charge in [0.1, 0.15) is 5.75 Å². The first-order chi connectivity index (χ1) is 12.2. The van der Waals surface area contributed by atoms with E-state index in [2.05, 4.69) is 15.6 Å². The van der Waals surface area contributed by atoms with E-state index < -0.39 is 5.91 Å². The fourth-order valence-electron chi connectivity index (χ4n) is 2.08. The zero-order valence-electron chi connectivity index (χ0n) is 15.6. The van der Waals surface area contributed by atoms with Crippen LogP contribution in [0.25, 0.3) is 0 Å². The van der Waals surface area contributed by atoms with Gasteiger partial charge in [-0.1, -0.05) is 12.1 Å². The number of aliphatic imine (C=N–C) groups is 1. The molecule has 0 unspecified atom stereocenters. The van der Waals surface area contributed by atoms with Crippen LogP contribution in [0.15, 0.2) is 29.3 Å². The van der Waals surface area contributed by atoms with Crippen molar-refractivity contribution in [1.29, 1.82) is 0 Å². The number of nitrogens with one attached hydrogen (secondary N) is 2. The van der Waals surface area contributed by atoms with Gasteiger partial charge in [-0.3, -0.25) is 4.79 Å². The number of carbonyl (C=O) groups is 1. The van der Waals surface area contributed by atoms with Crippen molar-refractivity contribution in [3.63, 3.8) is 0 Å². The smallest absolute Gasteiger partial charge is 0.255 e. The molecule has 148 valence electrons. The Kier molecular flexibility index (Phi) is 14.8. The molecular weight excluding hydrogens is 447 g/mol. The molecule has 1 amide bonds. The number of hydrogen-bond donors (Lipinski definition) is 3. The van der Waals surface area contributed by atoms with Crippen molar-refractivity contribution >= 4 is 35.8 Å². The molecule has 26 heavy (non-hydrogen) atoms. The van der Waals surface area contributed by atoms with E-state index in [4.69, 9.17) is 15.2 Å². The van der Waals surface area contributed by atoms with Crippen molar-refractivity contribution in [3.8, 4) is 5.75 Å². The largest absolute Gasteiger partial charge is 0.484 e. The lowest BCUT2D eigenvalue weighted by Gasteiger charge is -2.11. The number of rotatable bonds is 12. The Morgan fingerprint density at radius 1 is 1.23 bits per heavy atom. The molecule has 0 aliphatic heterocycles. The third kappa shape index (κ3) is 11.9. The monoisotopic (exact) mass is 478 g/mol. The molecule has 0 bridgehead atoms. The van der Waals surface area contributed by atoms with Gasteiger partial charge in [0.05, 0.1) is 6.54 Å². The Bertz CT molecular complexity index is 541. The minimum Gasteiger partial charge on any atom is -0.484 e. The maximum atomic E-state index is 10.8. The maximum absolute atomic E-state index is 10.8. The summed E-state index contributed by atoms with van der Waals surface area (Å²) in [6, 6.07) is 7.48. The Hall–Kier alpha value is -1.55. The maximum Gasteiger partial charge on any atom is 0.255 e. The fourth-order valence-corrected chi connectivity index (χ4v) is 2.08. The van der Waals surface area contributed by atoms with Crippen LogP contribution in [0.5, 0.6) is 5.75 Å². The highest BCUT2D eigenvalue weighted by atomic mass is 127. The first-order valence-electron chi connectivity index (χ1n) is 8.75. The predicted molar refractivity (Wildman–Crippen MR) is 115 cm³/mol. The lowest BCUT2D eigenvalue weighted by Crippen LogP contribution is -2.37. The van der Waals surface area contributed by atoms with Gasteiger partial charge in [0.2, 0.25) is 0 Å². The van der Waals surface area contributed by atoms with Crippen LogP contribution in [0, 0.1) is 0 Å². The lowest BCUT2D eigenvalue weighted by atomic mass is 10.2. The second-order valence-corrected chi connectivity index (χ2v) is 5.43. The first-order valence-corrected chi connectivity index (χ1v) is 8.75. The fraction of sp³-hybridized carbons (Fsp3) is 0.556. The first kappa shape index (κ1) is 24.5. The number of amides is 1. The number of halogens is 1. The van der Waals surface area contributed by atoms with Gasteiger partial charge in [0, 0.05) is 26.3 Å². The second-order valence-electron chi connectivity index (χ2n) is 5.43. The van der Waals surface area contributed by atoms with Crippen molar-refractivity contribution in [2.75, 3.05) is 32.9 Å².